The highest BCUT2D eigenvalue weighted by atomic mass is 35.5. The summed E-state index contributed by atoms with van der Waals surface area (Å²) in [5.74, 6) is 0. The lowest BCUT2D eigenvalue weighted by molar-refractivity contribution is -0.153. The third-order valence-corrected chi connectivity index (χ3v) is 6.04. The fourth-order valence-electron chi connectivity index (χ4n) is 4.25. The molecular weight excluding hydrogens is 463 g/mol. The molecule has 7 nitrogen and oxygen atoms in total. The quantitative estimate of drug-likeness (QED) is 0.551. The van der Waals surface area contributed by atoms with Gasteiger partial charge in [0.1, 0.15) is 0 Å². The monoisotopic (exact) mass is 483 g/mol. The Bertz CT molecular complexity index is 1180. The molecule has 2 aromatic heterocycles. The van der Waals surface area contributed by atoms with Crippen LogP contribution in [0.3, 0.4) is 0 Å². The van der Waals surface area contributed by atoms with Crippen LogP contribution in [0.15, 0.2) is 42.7 Å². The molecule has 0 aliphatic heterocycles. The Morgan fingerprint density at radius 2 is 1.97 bits per heavy atom. The first kappa shape index (κ1) is 23.3. The molecule has 0 amide bonds. The van der Waals surface area contributed by atoms with Crippen LogP contribution in [0.4, 0.5) is 18.0 Å². The summed E-state index contributed by atoms with van der Waals surface area (Å²) in [5, 5.41) is 14.7. The van der Waals surface area contributed by atoms with Crippen LogP contribution < -0.4 is 0 Å². The van der Waals surface area contributed by atoms with E-state index in [2.05, 4.69) is 5.10 Å². The second-order valence-electron chi connectivity index (χ2n) is 8.00. The number of hydrogen-bond donors (Lipinski definition) is 1. The number of aliphatic hydroxyl groups is 1. The summed E-state index contributed by atoms with van der Waals surface area (Å²) in [6, 6.07) is 7.56. The Morgan fingerprint density at radius 1 is 1.27 bits per heavy atom. The van der Waals surface area contributed by atoms with Gasteiger partial charge >= 0.3 is 12.3 Å². The minimum atomic E-state index is -4.77. The summed E-state index contributed by atoms with van der Waals surface area (Å²) in [5.41, 5.74) is -1.54. The molecule has 0 unspecified atom stereocenters. The highest BCUT2D eigenvalue weighted by Crippen LogP contribution is 2.47. The number of carbonyl (C=O) groups excluding carboxylic acids is 1. The largest absolute Gasteiger partial charge is 0.452 e. The number of hydrogen-bond acceptors (Lipinski definition) is 5. The van der Waals surface area contributed by atoms with Gasteiger partial charge in [0.15, 0.2) is 5.69 Å². The number of halogens is 4. The number of carbonyl (C=O) groups is 1. The molecule has 3 aromatic rings. The number of benzene rings is 1. The third-order valence-electron chi connectivity index (χ3n) is 5.71. The predicted octanol–water partition coefficient (Wildman–Crippen LogP) is 5.02. The molecule has 0 spiro atoms. The molecule has 2 heterocycles. The maximum absolute atomic E-state index is 14.2. The van der Waals surface area contributed by atoms with Gasteiger partial charge in [-0.15, -0.1) is 0 Å². The predicted molar refractivity (Wildman–Crippen MR) is 114 cm³/mol. The van der Waals surface area contributed by atoms with Crippen molar-refractivity contribution in [3.8, 4) is 22.4 Å². The van der Waals surface area contributed by atoms with Gasteiger partial charge in [0, 0.05) is 47.9 Å². The lowest BCUT2D eigenvalue weighted by atomic mass is 9.76. The molecule has 0 bridgehead atoms. The first-order valence-corrected chi connectivity index (χ1v) is 10.4. The van der Waals surface area contributed by atoms with Gasteiger partial charge in [-0.05, 0) is 12.1 Å². The summed E-state index contributed by atoms with van der Waals surface area (Å²) in [4.78, 5) is 12.4. The number of methoxy groups -OCH3 is 2. The zero-order valence-corrected chi connectivity index (χ0v) is 18.5. The number of aromatic nitrogens is 3. The van der Waals surface area contributed by atoms with Crippen LogP contribution >= 0.6 is 11.6 Å². The fourth-order valence-corrected chi connectivity index (χ4v) is 4.49. The van der Waals surface area contributed by atoms with Gasteiger partial charge in [-0.1, -0.05) is 29.8 Å². The molecule has 33 heavy (non-hydrogen) atoms. The molecule has 0 saturated heterocycles. The highest BCUT2D eigenvalue weighted by Gasteiger charge is 2.48. The van der Waals surface area contributed by atoms with Crippen molar-refractivity contribution >= 4 is 17.7 Å². The maximum Gasteiger partial charge on any atom is 0.433 e. The summed E-state index contributed by atoms with van der Waals surface area (Å²) in [7, 11) is 2.55. The molecule has 1 saturated carbocycles. The third kappa shape index (κ3) is 4.25. The zero-order chi connectivity index (χ0) is 24.0. The Hall–Kier alpha value is -2.82. The van der Waals surface area contributed by atoms with E-state index in [4.69, 9.17) is 21.1 Å². The van der Waals surface area contributed by atoms with Crippen LogP contribution in [0.5, 0.6) is 0 Å². The van der Waals surface area contributed by atoms with Gasteiger partial charge in [0.2, 0.25) is 0 Å². The molecule has 11 heteroatoms. The lowest BCUT2D eigenvalue weighted by Gasteiger charge is -2.43. The maximum atomic E-state index is 14.2. The van der Waals surface area contributed by atoms with E-state index < -0.39 is 29.6 Å². The van der Waals surface area contributed by atoms with Crippen molar-refractivity contribution in [3.63, 3.8) is 0 Å². The molecule has 4 rings (SSSR count). The van der Waals surface area contributed by atoms with Crippen molar-refractivity contribution in [1.29, 1.82) is 0 Å². The molecule has 176 valence electrons. The van der Waals surface area contributed by atoms with Crippen LogP contribution in [0.1, 0.15) is 24.6 Å². The van der Waals surface area contributed by atoms with E-state index in [1.165, 1.54) is 19.4 Å². The Morgan fingerprint density at radius 3 is 2.58 bits per heavy atom. The Balaban J connectivity index is 1.83. The summed E-state index contributed by atoms with van der Waals surface area (Å²) in [6.07, 6.45) is -3.05. The van der Waals surface area contributed by atoms with Crippen molar-refractivity contribution in [3.05, 3.63) is 53.4 Å². The normalized spacial score (nSPS) is 20.5. The average molecular weight is 484 g/mol. The molecule has 0 atom stereocenters. The molecule has 1 fully saturated rings. The van der Waals surface area contributed by atoms with Gasteiger partial charge in [-0.3, -0.25) is 9.25 Å². The molecule has 1 aliphatic carbocycles. The summed E-state index contributed by atoms with van der Waals surface area (Å²) < 4.78 is 54.2. The SMILES string of the molecule is COCC1(O)CC(n2ncc(-c3cc(-c4ccccc4Cl)cn3C(=O)OC)c2C(F)(F)F)C1. The van der Waals surface area contributed by atoms with Gasteiger partial charge < -0.3 is 14.6 Å². The van der Waals surface area contributed by atoms with E-state index >= 15 is 0 Å². The zero-order valence-electron chi connectivity index (χ0n) is 17.8. The van der Waals surface area contributed by atoms with Crippen molar-refractivity contribution in [2.24, 2.45) is 0 Å². The van der Waals surface area contributed by atoms with Crippen LogP contribution in [0, 0.1) is 0 Å². The first-order valence-electron chi connectivity index (χ1n) is 10.00. The van der Waals surface area contributed by atoms with Crippen LogP contribution in [-0.4, -0.2) is 52.0 Å². The number of ether oxygens (including phenoxy) is 2. The standard InChI is InChI=1S/C22H21ClF3N3O4/c1-32-12-21(31)8-14(9-21)29-19(22(24,25)26)16(10-27-29)18-7-13(11-28(18)20(30)33-2)15-5-3-4-6-17(15)23/h3-7,10-11,14,31H,8-9,12H2,1-2H3. The first-order chi connectivity index (χ1) is 15.6. The Labute approximate surface area is 192 Å². The van der Waals surface area contributed by atoms with E-state index in [0.29, 0.717) is 16.1 Å². The van der Waals surface area contributed by atoms with Crippen LogP contribution in [0.25, 0.3) is 22.4 Å². The fraction of sp³-hybridized carbons (Fsp3) is 0.364. The van der Waals surface area contributed by atoms with Crippen molar-refractivity contribution < 1.29 is 32.5 Å². The molecular formula is C22H21ClF3N3O4. The summed E-state index contributed by atoms with van der Waals surface area (Å²) >= 11 is 6.25. The highest BCUT2D eigenvalue weighted by molar-refractivity contribution is 6.33. The van der Waals surface area contributed by atoms with Crippen LogP contribution in [-0.2, 0) is 15.7 Å². The van der Waals surface area contributed by atoms with E-state index in [1.54, 1.807) is 24.3 Å². The topological polar surface area (TPSA) is 78.5 Å². The van der Waals surface area contributed by atoms with Crippen molar-refractivity contribution in [2.45, 2.75) is 30.7 Å². The molecule has 1 aliphatic rings. The van der Waals surface area contributed by atoms with Gasteiger partial charge in [0.25, 0.3) is 0 Å². The van der Waals surface area contributed by atoms with Crippen LogP contribution in [0.2, 0.25) is 5.02 Å². The van der Waals surface area contributed by atoms with Crippen molar-refractivity contribution in [2.75, 3.05) is 20.8 Å². The van der Waals surface area contributed by atoms with E-state index in [-0.39, 0.29) is 30.7 Å². The van der Waals surface area contributed by atoms with Crippen molar-refractivity contribution in [1.82, 2.24) is 14.3 Å². The molecule has 1 N–H and O–H groups in total. The second kappa shape index (κ2) is 8.51. The number of rotatable bonds is 5. The Kier molecular flexibility index (Phi) is 6.02. The lowest BCUT2D eigenvalue weighted by Crippen LogP contribution is -2.49. The molecule has 1 aromatic carbocycles. The summed E-state index contributed by atoms with van der Waals surface area (Å²) in [6.45, 7) is 0.0192. The molecule has 0 radical (unpaired) electrons. The minimum Gasteiger partial charge on any atom is -0.452 e. The minimum absolute atomic E-state index is 0.0192. The number of alkyl halides is 3. The van der Waals surface area contributed by atoms with Gasteiger partial charge in [0.05, 0.1) is 37.3 Å². The number of nitrogens with zero attached hydrogens (tertiary/aromatic N) is 3. The van der Waals surface area contributed by atoms with Gasteiger partial charge in [-0.2, -0.15) is 18.3 Å². The van der Waals surface area contributed by atoms with E-state index in [1.807, 2.05) is 0 Å². The van der Waals surface area contributed by atoms with Gasteiger partial charge in [-0.25, -0.2) is 4.79 Å². The van der Waals surface area contributed by atoms with E-state index in [9.17, 15) is 23.1 Å². The van der Waals surface area contributed by atoms with E-state index in [0.717, 1.165) is 22.6 Å². The second-order valence-corrected chi connectivity index (χ2v) is 8.41. The average Bonchev–Trinajstić information content (AvgIpc) is 3.36. The smallest absolute Gasteiger partial charge is 0.433 e.